The minimum atomic E-state index is -0.202. The van der Waals surface area contributed by atoms with E-state index in [0.29, 0.717) is 13.0 Å². The maximum absolute atomic E-state index is 11.2. The fourth-order valence-corrected chi connectivity index (χ4v) is 1.74. The molecule has 0 aromatic carbocycles. The summed E-state index contributed by atoms with van der Waals surface area (Å²) < 4.78 is 9.76. The second kappa shape index (κ2) is 7.65. The number of carbonyl (C=O) groups is 1. The molecule has 0 rings (SSSR count). The first kappa shape index (κ1) is 14.4. The van der Waals surface area contributed by atoms with E-state index in [4.69, 9.17) is 10.5 Å². The van der Waals surface area contributed by atoms with E-state index in [1.54, 1.807) is 7.11 Å². The predicted octanol–water partition coefficient (Wildman–Crippen LogP) is 1.19. The Bertz CT molecular complexity index is 185. The van der Waals surface area contributed by atoms with Crippen LogP contribution in [-0.4, -0.2) is 32.8 Å². The normalized spacial score (nSPS) is 16.9. The van der Waals surface area contributed by atoms with Gasteiger partial charge >= 0.3 is 5.97 Å². The van der Waals surface area contributed by atoms with Crippen molar-refractivity contribution in [2.45, 2.75) is 32.7 Å². The zero-order valence-corrected chi connectivity index (χ0v) is 10.2. The van der Waals surface area contributed by atoms with Gasteiger partial charge in [0, 0.05) is 19.8 Å². The molecule has 0 aliphatic heterocycles. The third kappa shape index (κ3) is 5.14. The third-order valence-corrected chi connectivity index (χ3v) is 2.81. The van der Waals surface area contributed by atoms with Crippen molar-refractivity contribution in [1.29, 1.82) is 0 Å². The molecule has 0 aliphatic rings. The molecule has 3 atom stereocenters. The van der Waals surface area contributed by atoms with Crippen molar-refractivity contribution in [2.75, 3.05) is 20.8 Å². The van der Waals surface area contributed by atoms with Crippen LogP contribution < -0.4 is 5.73 Å². The Morgan fingerprint density at radius 2 is 2.00 bits per heavy atom. The molecule has 0 aromatic heterocycles. The fourth-order valence-electron chi connectivity index (χ4n) is 1.74. The van der Waals surface area contributed by atoms with Gasteiger partial charge < -0.3 is 15.2 Å². The summed E-state index contributed by atoms with van der Waals surface area (Å²) in [5.74, 6) is 0.193. The Morgan fingerprint density at radius 1 is 1.40 bits per heavy atom. The van der Waals surface area contributed by atoms with Gasteiger partial charge in [-0.05, 0) is 18.3 Å². The second-order valence-corrected chi connectivity index (χ2v) is 3.95. The largest absolute Gasteiger partial charge is 0.469 e. The summed E-state index contributed by atoms with van der Waals surface area (Å²) >= 11 is 0. The topological polar surface area (TPSA) is 61.6 Å². The maximum Gasteiger partial charge on any atom is 0.305 e. The van der Waals surface area contributed by atoms with Crippen LogP contribution in [0.3, 0.4) is 0 Å². The van der Waals surface area contributed by atoms with Crippen LogP contribution in [0.2, 0.25) is 0 Å². The van der Waals surface area contributed by atoms with Gasteiger partial charge in [-0.3, -0.25) is 4.79 Å². The van der Waals surface area contributed by atoms with E-state index >= 15 is 0 Å². The van der Waals surface area contributed by atoms with Crippen molar-refractivity contribution in [3.05, 3.63) is 0 Å². The Hall–Kier alpha value is -0.610. The number of nitrogens with two attached hydrogens (primary N) is 1. The Kier molecular flexibility index (Phi) is 7.34. The molecule has 0 bridgehead atoms. The monoisotopic (exact) mass is 217 g/mol. The lowest BCUT2D eigenvalue weighted by Gasteiger charge is -2.27. The van der Waals surface area contributed by atoms with Gasteiger partial charge in [-0.25, -0.2) is 0 Å². The molecule has 0 spiro atoms. The average molecular weight is 217 g/mol. The predicted molar refractivity (Wildman–Crippen MR) is 59.4 cm³/mol. The molecule has 90 valence electrons. The summed E-state index contributed by atoms with van der Waals surface area (Å²) in [7, 11) is 3.06. The van der Waals surface area contributed by atoms with Gasteiger partial charge in [-0.15, -0.1) is 0 Å². The van der Waals surface area contributed by atoms with Crippen LogP contribution in [0.1, 0.15) is 26.7 Å². The van der Waals surface area contributed by atoms with Gasteiger partial charge in [0.05, 0.1) is 13.5 Å². The number of carbonyl (C=O) groups excluding carboxylic acids is 1. The molecular formula is C11H23NO3. The first-order chi connectivity index (χ1) is 7.06. The molecule has 0 amide bonds. The van der Waals surface area contributed by atoms with E-state index in [0.717, 1.165) is 6.42 Å². The summed E-state index contributed by atoms with van der Waals surface area (Å²) in [6.45, 7) is 4.69. The average Bonchev–Trinajstić information content (AvgIpc) is 2.24. The Labute approximate surface area is 92.1 Å². The van der Waals surface area contributed by atoms with Crippen LogP contribution in [-0.2, 0) is 14.3 Å². The number of hydrogen-bond acceptors (Lipinski definition) is 4. The Balaban J connectivity index is 4.35. The molecule has 0 fully saturated rings. The summed E-state index contributed by atoms with van der Waals surface area (Å²) in [4.78, 5) is 11.2. The van der Waals surface area contributed by atoms with Gasteiger partial charge in [0.2, 0.25) is 0 Å². The maximum atomic E-state index is 11.2. The fraction of sp³-hybridized carbons (Fsp3) is 0.909. The molecule has 0 radical (unpaired) electrons. The van der Waals surface area contributed by atoms with Crippen molar-refractivity contribution in [1.82, 2.24) is 0 Å². The second-order valence-electron chi connectivity index (χ2n) is 3.95. The van der Waals surface area contributed by atoms with Gasteiger partial charge in [-0.2, -0.15) is 0 Å². The molecule has 2 N–H and O–H groups in total. The highest BCUT2D eigenvalue weighted by Gasteiger charge is 2.25. The smallest absolute Gasteiger partial charge is 0.305 e. The van der Waals surface area contributed by atoms with Crippen molar-refractivity contribution in [2.24, 2.45) is 17.6 Å². The van der Waals surface area contributed by atoms with Crippen molar-refractivity contribution in [3.8, 4) is 0 Å². The highest BCUT2D eigenvalue weighted by molar-refractivity contribution is 5.69. The number of esters is 1. The van der Waals surface area contributed by atoms with Crippen LogP contribution in [0.5, 0.6) is 0 Å². The standard InChI is InChI=1S/C11H23NO3/c1-5-10(12)9(6-11(13)15-4)8(2)7-14-3/h8-10H,5-7,12H2,1-4H3. The minimum absolute atomic E-state index is 0.0225. The number of methoxy groups -OCH3 is 2. The summed E-state index contributed by atoms with van der Waals surface area (Å²) in [5, 5.41) is 0. The number of ether oxygens (including phenoxy) is 2. The highest BCUT2D eigenvalue weighted by Crippen LogP contribution is 2.21. The SMILES string of the molecule is CCC(N)C(CC(=O)OC)C(C)COC. The third-order valence-electron chi connectivity index (χ3n) is 2.81. The van der Waals surface area contributed by atoms with Crippen molar-refractivity contribution >= 4 is 5.97 Å². The molecule has 0 saturated carbocycles. The summed E-state index contributed by atoms with van der Waals surface area (Å²) in [6, 6.07) is 0.0225. The lowest BCUT2D eigenvalue weighted by Crippen LogP contribution is -2.37. The van der Waals surface area contributed by atoms with E-state index in [-0.39, 0.29) is 23.8 Å². The molecule has 15 heavy (non-hydrogen) atoms. The number of hydrogen-bond donors (Lipinski definition) is 1. The Morgan fingerprint density at radius 3 is 2.40 bits per heavy atom. The zero-order valence-electron chi connectivity index (χ0n) is 10.2. The van der Waals surface area contributed by atoms with Crippen LogP contribution >= 0.6 is 0 Å². The van der Waals surface area contributed by atoms with E-state index in [1.165, 1.54) is 7.11 Å². The van der Waals surface area contributed by atoms with Crippen molar-refractivity contribution in [3.63, 3.8) is 0 Å². The van der Waals surface area contributed by atoms with Crippen LogP contribution in [0.25, 0.3) is 0 Å². The first-order valence-corrected chi connectivity index (χ1v) is 5.38. The molecule has 0 aliphatic carbocycles. The van der Waals surface area contributed by atoms with Crippen LogP contribution in [0, 0.1) is 11.8 Å². The molecule has 0 aromatic rings. The van der Waals surface area contributed by atoms with E-state index < -0.39 is 0 Å². The molecule has 0 saturated heterocycles. The van der Waals surface area contributed by atoms with Crippen molar-refractivity contribution < 1.29 is 14.3 Å². The lowest BCUT2D eigenvalue weighted by atomic mass is 9.84. The van der Waals surface area contributed by atoms with E-state index in [2.05, 4.69) is 4.74 Å². The quantitative estimate of drug-likeness (QED) is 0.651. The van der Waals surface area contributed by atoms with Gasteiger partial charge in [0.25, 0.3) is 0 Å². The van der Waals surface area contributed by atoms with Crippen LogP contribution in [0.4, 0.5) is 0 Å². The number of rotatable bonds is 7. The van der Waals surface area contributed by atoms with Gasteiger partial charge in [0.15, 0.2) is 0 Å². The minimum Gasteiger partial charge on any atom is -0.469 e. The lowest BCUT2D eigenvalue weighted by molar-refractivity contribution is -0.142. The highest BCUT2D eigenvalue weighted by atomic mass is 16.5. The van der Waals surface area contributed by atoms with Gasteiger partial charge in [-0.1, -0.05) is 13.8 Å². The van der Waals surface area contributed by atoms with Crippen LogP contribution in [0.15, 0.2) is 0 Å². The zero-order chi connectivity index (χ0) is 11.8. The summed E-state index contributed by atoms with van der Waals surface area (Å²) in [6.07, 6.45) is 1.23. The summed E-state index contributed by atoms with van der Waals surface area (Å²) in [5.41, 5.74) is 5.99. The van der Waals surface area contributed by atoms with Gasteiger partial charge in [0.1, 0.15) is 0 Å². The first-order valence-electron chi connectivity index (χ1n) is 5.38. The van der Waals surface area contributed by atoms with E-state index in [1.807, 2.05) is 13.8 Å². The molecule has 4 nitrogen and oxygen atoms in total. The molecular weight excluding hydrogens is 194 g/mol. The molecule has 0 heterocycles. The molecule has 3 unspecified atom stereocenters. The van der Waals surface area contributed by atoms with E-state index in [9.17, 15) is 4.79 Å². The molecule has 4 heteroatoms.